The minimum atomic E-state index is -0.0274. The van der Waals surface area contributed by atoms with Crippen molar-refractivity contribution < 1.29 is 5.11 Å². The molecule has 3 aliphatic rings. The van der Waals surface area contributed by atoms with Crippen LogP contribution in [0.1, 0.15) is 59.3 Å². The highest BCUT2D eigenvalue weighted by Gasteiger charge is 2.58. The maximum atomic E-state index is 9.62. The molecule has 0 spiro atoms. The maximum Gasteiger partial charge on any atom is 0.0543 e. The van der Waals surface area contributed by atoms with Crippen LogP contribution in [0, 0.1) is 22.7 Å². The molecule has 2 heteroatoms. The van der Waals surface area contributed by atoms with Gasteiger partial charge in [0.2, 0.25) is 0 Å². The van der Waals surface area contributed by atoms with E-state index in [0.717, 1.165) is 25.3 Å². The molecule has 3 saturated carbocycles. The van der Waals surface area contributed by atoms with Crippen molar-refractivity contribution in [3.05, 3.63) is 0 Å². The molecule has 0 aromatic rings. The lowest BCUT2D eigenvalue weighted by Gasteiger charge is -2.43. The first kappa shape index (κ1) is 12.9. The molecule has 2 N–H and O–H groups in total. The third-order valence-corrected chi connectivity index (χ3v) is 6.39. The van der Waals surface area contributed by atoms with Gasteiger partial charge in [0.1, 0.15) is 0 Å². The second kappa shape index (κ2) is 4.21. The normalized spacial score (nSPS) is 50.0. The summed E-state index contributed by atoms with van der Waals surface area (Å²) in [4.78, 5) is 0. The van der Waals surface area contributed by atoms with Gasteiger partial charge in [0.15, 0.2) is 0 Å². The van der Waals surface area contributed by atoms with Gasteiger partial charge in [-0.1, -0.05) is 20.8 Å². The van der Waals surface area contributed by atoms with Gasteiger partial charge in [-0.15, -0.1) is 0 Å². The molecule has 0 amide bonds. The van der Waals surface area contributed by atoms with E-state index in [-0.39, 0.29) is 6.10 Å². The monoisotopic (exact) mass is 251 g/mol. The number of fused-ring (bicyclic) bond motifs is 2. The standard InChI is InChI=1S/C16H29NO/c1-15(2)12-6-7-16(3,9-12)14(15)17-10-11-4-5-13(18)8-11/h11-14,17-18H,4-10H2,1-3H3. The molecule has 3 aliphatic carbocycles. The van der Waals surface area contributed by atoms with Crippen LogP contribution in [0.25, 0.3) is 0 Å². The van der Waals surface area contributed by atoms with Crippen molar-refractivity contribution in [3.8, 4) is 0 Å². The summed E-state index contributed by atoms with van der Waals surface area (Å²) in [5, 5.41) is 13.5. The van der Waals surface area contributed by atoms with Gasteiger partial charge < -0.3 is 10.4 Å². The van der Waals surface area contributed by atoms with E-state index < -0.39 is 0 Å². The first-order valence-electron chi connectivity index (χ1n) is 7.83. The zero-order valence-corrected chi connectivity index (χ0v) is 12.2. The van der Waals surface area contributed by atoms with Crippen molar-refractivity contribution in [2.24, 2.45) is 22.7 Å². The molecule has 5 unspecified atom stereocenters. The Morgan fingerprint density at radius 2 is 1.94 bits per heavy atom. The highest BCUT2D eigenvalue weighted by atomic mass is 16.3. The molecule has 5 atom stereocenters. The van der Waals surface area contributed by atoms with Crippen LogP contribution in [-0.4, -0.2) is 23.8 Å². The number of hydrogen-bond donors (Lipinski definition) is 2. The van der Waals surface area contributed by atoms with Crippen molar-refractivity contribution in [3.63, 3.8) is 0 Å². The van der Waals surface area contributed by atoms with Gasteiger partial charge >= 0.3 is 0 Å². The highest BCUT2D eigenvalue weighted by Crippen LogP contribution is 2.62. The first-order valence-corrected chi connectivity index (χ1v) is 7.83. The Balaban J connectivity index is 1.62. The first-order chi connectivity index (χ1) is 8.42. The van der Waals surface area contributed by atoms with Gasteiger partial charge in [0, 0.05) is 6.04 Å². The van der Waals surface area contributed by atoms with Gasteiger partial charge in [-0.2, -0.15) is 0 Å². The lowest BCUT2D eigenvalue weighted by molar-refractivity contribution is 0.104. The zero-order valence-electron chi connectivity index (χ0n) is 12.2. The Hall–Kier alpha value is -0.0800. The van der Waals surface area contributed by atoms with Crippen LogP contribution in [0.5, 0.6) is 0 Å². The van der Waals surface area contributed by atoms with E-state index in [1.807, 2.05) is 0 Å². The summed E-state index contributed by atoms with van der Waals surface area (Å²) in [6, 6.07) is 0.682. The Labute approximate surface area is 112 Å². The number of aliphatic hydroxyl groups is 1. The van der Waals surface area contributed by atoms with E-state index in [2.05, 4.69) is 26.1 Å². The predicted molar refractivity (Wildman–Crippen MR) is 74.4 cm³/mol. The van der Waals surface area contributed by atoms with Crippen molar-refractivity contribution in [2.75, 3.05) is 6.54 Å². The van der Waals surface area contributed by atoms with Gasteiger partial charge in [-0.05, 0) is 67.7 Å². The maximum absolute atomic E-state index is 9.62. The fraction of sp³-hybridized carbons (Fsp3) is 1.00. The summed E-state index contributed by atoms with van der Waals surface area (Å²) in [5.41, 5.74) is 0.996. The second-order valence-corrected chi connectivity index (χ2v) is 8.09. The Bertz CT molecular complexity index is 322. The lowest BCUT2D eigenvalue weighted by Crippen LogP contribution is -2.51. The van der Waals surface area contributed by atoms with E-state index in [1.54, 1.807) is 0 Å². The molecular weight excluding hydrogens is 222 g/mol. The van der Waals surface area contributed by atoms with E-state index in [4.69, 9.17) is 0 Å². The molecule has 2 bridgehead atoms. The fourth-order valence-electron chi connectivity index (χ4n) is 5.33. The lowest BCUT2D eigenvalue weighted by atomic mass is 9.68. The molecule has 3 rings (SSSR count). The largest absolute Gasteiger partial charge is 0.393 e. The average Bonchev–Trinajstić information content (AvgIpc) is 2.89. The second-order valence-electron chi connectivity index (χ2n) is 8.09. The van der Waals surface area contributed by atoms with Crippen molar-refractivity contribution >= 4 is 0 Å². The molecule has 0 aromatic heterocycles. The van der Waals surface area contributed by atoms with Crippen LogP contribution < -0.4 is 5.32 Å². The molecule has 2 nitrogen and oxygen atoms in total. The van der Waals surface area contributed by atoms with Crippen LogP contribution in [0.3, 0.4) is 0 Å². The molecule has 0 saturated heterocycles. The number of nitrogens with one attached hydrogen (secondary N) is 1. The minimum Gasteiger partial charge on any atom is -0.393 e. The molecular formula is C16H29NO. The number of aliphatic hydroxyl groups excluding tert-OH is 1. The van der Waals surface area contributed by atoms with Crippen LogP contribution in [0.2, 0.25) is 0 Å². The summed E-state index contributed by atoms with van der Waals surface area (Å²) in [5.74, 6) is 1.63. The molecule has 18 heavy (non-hydrogen) atoms. The SMILES string of the molecule is CC12CCC(C1)C(C)(C)C2NCC1CCC(O)C1. The van der Waals surface area contributed by atoms with E-state index >= 15 is 0 Å². The molecule has 0 aromatic carbocycles. The summed E-state index contributed by atoms with van der Waals surface area (Å²) >= 11 is 0. The van der Waals surface area contributed by atoms with Crippen LogP contribution in [-0.2, 0) is 0 Å². The average molecular weight is 251 g/mol. The van der Waals surface area contributed by atoms with Gasteiger partial charge in [-0.25, -0.2) is 0 Å². The van der Waals surface area contributed by atoms with Gasteiger partial charge in [0.25, 0.3) is 0 Å². The minimum absolute atomic E-state index is 0.0274. The third-order valence-electron chi connectivity index (χ3n) is 6.39. The van der Waals surface area contributed by atoms with Crippen LogP contribution >= 0.6 is 0 Å². The van der Waals surface area contributed by atoms with Gasteiger partial charge in [-0.3, -0.25) is 0 Å². The smallest absolute Gasteiger partial charge is 0.0543 e. The fourth-order valence-corrected chi connectivity index (χ4v) is 5.33. The number of rotatable bonds is 3. The van der Waals surface area contributed by atoms with E-state index in [0.29, 0.717) is 22.8 Å². The molecule has 0 heterocycles. The molecule has 3 fully saturated rings. The summed E-state index contributed by atoms with van der Waals surface area (Å²) in [6.07, 6.45) is 7.48. The zero-order chi connectivity index (χ0) is 13.0. The van der Waals surface area contributed by atoms with Gasteiger partial charge in [0.05, 0.1) is 6.10 Å². The third kappa shape index (κ3) is 1.92. The van der Waals surface area contributed by atoms with Crippen LogP contribution in [0.15, 0.2) is 0 Å². The Morgan fingerprint density at radius 1 is 1.17 bits per heavy atom. The van der Waals surface area contributed by atoms with E-state index in [9.17, 15) is 5.11 Å². The highest BCUT2D eigenvalue weighted by molar-refractivity contribution is 5.12. The topological polar surface area (TPSA) is 32.3 Å². The van der Waals surface area contributed by atoms with Crippen molar-refractivity contribution in [1.29, 1.82) is 0 Å². The molecule has 0 aliphatic heterocycles. The van der Waals surface area contributed by atoms with Crippen molar-refractivity contribution in [1.82, 2.24) is 5.32 Å². The Morgan fingerprint density at radius 3 is 2.50 bits per heavy atom. The number of hydrogen-bond acceptors (Lipinski definition) is 2. The summed E-state index contributed by atoms with van der Waals surface area (Å²) < 4.78 is 0. The quantitative estimate of drug-likeness (QED) is 0.808. The predicted octanol–water partition coefficient (Wildman–Crippen LogP) is 2.95. The van der Waals surface area contributed by atoms with Crippen LogP contribution in [0.4, 0.5) is 0 Å². The summed E-state index contributed by atoms with van der Waals surface area (Å²) in [6.45, 7) is 8.53. The van der Waals surface area contributed by atoms with E-state index in [1.165, 1.54) is 25.7 Å². The molecule has 0 radical (unpaired) electrons. The molecule has 104 valence electrons. The summed E-state index contributed by atoms with van der Waals surface area (Å²) in [7, 11) is 0. The van der Waals surface area contributed by atoms with Crippen molar-refractivity contribution in [2.45, 2.75) is 71.4 Å². The Kier molecular flexibility index (Phi) is 3.02.